The number of carboxylic acid groups (broad SMARTS) is 1. The van der Waals surface area contributed by atoms with Crippen molar-refractivity contribution in [3.63, 3.8) is 0 Å². The minimum absolute atomic E-state index is 0.0771. The van der Waals surface area contributed by atoms with E-state index in [1.54, 1.807) is 0 Å². The zero-order chi connectivity index (χ0) is 19.9. The van der Waals surface area contributed by atoms with Gasteiger partial charge in [-0.2, -0.15) is 5.10 Å². The Kier molecular flexibility index (Phi) is 3.60. The highest BCUT2D eigenvalue weighted by molar-refractivity contribution is 7.94. The average Bonchev–Trinajstić information content (AvgIpc) is 3.47. The number of fused-ring (bicyclic) bond motifs is 1. The largest absolute Gasteiger partial charge is 0.476 e. The van der Waals surface area contributed by atoms with Gasteiger partial charge in [0.15, 0.2) is 15.5 Å². The van der Waals surface area contributed by atoms with E-state index < -0.39 is 26.2 Å². The number of nitrogens with zero attached hydrogens (tertiary/aromatic N) is 3. The number of aromatic carboxylic acids is 1. The molecule has 0 unspecified atom stereocenters. The minimum atomic E-state index is -3.24. The van der Waals surface area contributed by atoms with Crippen LogP contribution in [0.1, 0.15) is 65.1 Å². The minimum Gasteiger partial charge on any atom is -0.476 e. The molecule has 1 aromatic heterocycles. The number of carbonyl (C=O) groups is 2. The van der Waals surface area contributed by atoms with Gasteiger partial charge in [0.05, 0.1) is 22.1 Å². The van der Waals surface area contributed by atoms with Crippen molar-refractivity contribution in [2.24, 2.45) is 0 Å². The number of hydrogen-bond donors (Lipinski definition) is 2. The molecule has 0 aromatic carbocycles. The van der Waals surface area contributed by atoms with Gasteiger partial charge in [-0.05, 0) is 44.9 Å². The molecule has 1 amide bonds. The molecule has 152 valence electrons. The van der Waals surface area contributed by atoms with E-state index >= 15 is 0 Å². The number of amides is 1. The fourth-order valence-electron chi connectivity index (χ4n) is 4.24. The van der Waals surface area contributed by atoms with E-state index in [-0.39, 0.29) is 42.2 Å². The summed E-state index contributed by atoms with van der Waals surface area (Å²) in [6.07, 6.45) is 4.05. The van der Waals surface area contributed by atoms with E-state index in [1.807, 2.05) is 0 Å². The van der Waals surface area contributed by atoms with Gasteiger partial charge in [0, 0.05) is 18.7 Å². The van der Waals surface area contributed by atoms with Gasteiger partial charge in [0.2, 0.25) is 0 Å². The maximum Gasteiger partial charge on any atom is 0.356 e. The number of rotatable bonds is 7. The second-order valence-corrected chi connectivity index (χ2v) is 11.4. The van der Waals surface area contributed by atoms with Gasteiger partial charge in [0.25, 0.3) is 5.91 Å². The molecule has 0 saturated heterocycles. The number of carbonyl (C=O) groups excluding carboxylic acids is 1. The van der Waals surface area contributed by atoms with Crippen LogP contribution in [-0.4, -0.2) is 73.9 Å². The Balaban J connectivity index is 1.45. The Morgan fingerprint density at radius 1 is 1.18 bits per heavy atom. The van der Waals surface area contributed by atoms with Crippen molar-refractivity contribution in [3.05, 3.63) is 17.0 Å². The highest BCUT2D eigenvalue weighted by Gasteiger charge is 2.60. The van der Waals surface area contributed by atoms with E-state index in [2.05, 4.69) is 5.10 Å². The first-order valence-electron chi connectivity index (χ1n) is 9.74. The topological polar surface area (TPSA) is 130 Å². The summed E-state index contributed by atoms with van der Waals surface area (Å²) in [6.45, 7) is 0.514. The molecular weight excluding hydrogens is 386 g/mol. The van der Waals surface area contributed by atoms with Crippen molar-refractivity contribution in [2.75, 3.05) is 13.1 Å². The lowest BCUT2D eigenvalue weighted by molar-refractivity contribution is 0.0685. The lowest BCUT2D eigenvalue weighted by Crippen LogP contribution is -2.47. The van der Waals surface area contributed by atoms with Crippen molar-refractivity contribution < 1.29 is 28.2 Å². The average molecular weight is 409 g/mol. The van der Waals surface area contributed by atoms with Gasteiger partial charge in [0.1, 0.15) is 5.69 Å². The van der Waals surface area contributed by atoms with Crippen LogP contribution in [0.4, 0.5) is 0 Å². The molecule has 2 N–H and O–H groups in total. The zero-order valence-electron chi connectivity index (χ0n) is 15.4. The molecule has 3 saturated carbocycles. The van der Waals surface area contributed by atoms with Crippen molar-refractivity contribution in [1.82, 2.24) is 14.7 Å². The Hall–Kier alpha value is -1.94. The van der Waals surface area contributed by atoms with Crippen LogP contribution in [0.3, 0.4) is 0 Å². The second kappa shape index (κ2) is 5.56. The molecule has 0 spiro atoms. The summed E-state index contributed by atoms with van der Waals surface area (Å²) in [4.78, 5) is 26.3. The SMILES string of the molecule is O=C(O)c1nn(CC2(O)CC2)c2c1CCN(CC1(S(=O)(=O)C3CC3)CC1)C2=O. The summed E-state index contributed by atoms with van der Waals surface area (Å²) < 4.78 is 26.1. The predicted octanol–water partition coefficient (Wildman–Crippen LogP) is 0.214. The fraction of sp³-hybridized carbons (Fsp3) is 0.722. The van der Waals surface area contributed by atoms with Crippen LogP contribution in [0.5, 0.6) is 0 Å². The molecule has 1 aromatic rings. The summed E-state index contributed by atoms with van der Waals surface area (Å²) in [7, 11) is -3.24. The molecule has 3 aliphatic carbocycles. The normalized spacial score (nSPS) is 24.8. The molecule has 0 radical (unpaired) electrons. The van der Waals surface area contributed by atoms with Crippen molar-refractivity contribution >= 4 is 21.7 Å². The van der Waals surface area contributed by atoms with E-state index in [0.29, 0.717) is 50.5 Å². The van der Waals surface area contributed by atoms with Gasteiger partial charge >= 0.3 is 5.97 Å². The highest BCUT2D eigenvalue weighted by Crippen LogP contribution is 2.51. The first-order chi connectivity index (χ1) is 13.2. The van der Waals surface area contributed by atoms with Crippen LogP contribution in [0.25, 0.3) is 0 Å². The van der Waals surface area contributed by atoms with Crippen LogP contribution >= 0.6 is 0 Å². The standard InChI is InChI=1S/C18H23N3O6S/c22-15-14-12(13(16(23)24)19-21(14)9-17(25)4-5-17)3-8-20(15)10-18(6-7-18)28(26,27)11-1-2-11/h11,25H,1-10H2,(H,23,24). The maximum atomic E-state index is 13.2. The summed E-state index contributed by atoms with van der Waals surface area (Å²) in [6, 6.07) is 0. The summed E-state index contributed by atoms with van der Waals surface area (Å²) in [5, 5.41) is 23.5. The van der Waals surface area contributed by atoms with Gasteiger partial charge < -0.3 is 15.1 Å². The van der Waals surface area contributed by atoms with Crippen LogP contribution in [0.2, 0.25) is 0 Å². The Bertz CT molecular complexity index is 985. The van der Waals surface area contributed by atoms with E-state index in [1.165, 1.54) is 9.58 Å². The van der Waals surface area contributed by atoms with Crippen LogP contribution in [0, 0.1) is 0 Å². The summed E-state index contributed by atoms with van der Waals surface area (Å²) >= 11 is 0. The molecule has 28 heavy (non-hydrogen) atoms. The first-order valence-corrected chi connectivity index (χ1v) is 11.3. The van der Waals surface area contributed by atoms with Gasteiger partial charge in [-0.1, -0.05) is 0 Å². The lowest BCUT2D eigenvalue weighted by atomic mass is 10.0. The molecule has 1 aliphatic heterocycles. The molecule has 4 aliphatic rings. The molecule has 5 rings (SSSR count). The first kappa shape index (κ1) is 18.1. The number of aromatic nitrogens is 2. The Labute approximate surface area is 162 Å². The van der Waals surface area contributed by atoms with Gasteiger partial charge in [-0.25, -0.2) is 13.2 Å². The number of sulfone groups is 1. The number of carboxylic acids is 1. The summed E-state index contributed by atoms with van der Waals surface area (Å²) in [5.74, 6) is -1.59. The van der Waals surface area contributed by atoms with E-state index in [4.69, 9.17) is 0 Å². The zero-order valence-corrected chi connectivity index (χ0v) is 16.2. The van der Waals surface area contributed by atoms with Crippen LogP contribution in [0.15, 0.2) is 0 Å². The molecule has 0 atom stereocenters. The third-order valence-electron chi connectivity index (χ3n) is 6.50. The van der Waals surface area contributed by atoms with Gasteiger partial charge in [-0.15, -0.1) is 0 Å². The third-order valence-corrected chi connectivity index (χ3v) is 9.59. The van der Waals surface area contributed by atoms with Crippen molar-refractivity contribution in [1.29, 1.82) is 0 Å². The van der Waals surface area contributed by atoms with Crippen LogP contribution in [-0.2, 0) is 22.8 Å². The van der Waals surface area contributed by atoms with E-state index in [9.17, 15) is 28.2 Å². The number of aliphatic hydroxyl groups is 1. The molecule has 9 nitrogen and oxygen atoms in total. The van der Waals surface area contributed by atoms with Crippen molar-refractivity contribution in [2.45, 2.75) is 67.1 Å². The number of hydrogen-bond acceptors (Lipinski definition) is 6. The molecule has 0 bridgehead atoms. The molecular formula is C18H23N3O6S. The molecule has 3 fully saturated rings. The Morgan fingerprint density at radius 2 is 1.86 bits per heavy atom. The molecule has 10 heteroatoms. The van der Waals surface area contributed by atoms with Crippen LogP contribution < -0.4 is 0 Å². The van der Waals surface area contributed by atoms with E-state index in [0.717, 1.165) is 0 Å². The van der Waals surface area contributed by atoms with Gasteiger partial charge in [-0.3, -0.25) is 9.48 Å². The lowest BCUT2D eigenvalue weighted by Gasteiger charge is -2.31. The molecule has 2 heterocycles. The second-order valence-electron chi connectivity index (χ2n) is 8.77. The smallest absolute Gasteiger partial charge is 0.356 e. The third kappa shape index (κ3) is 2.68. The monoisotopic (exact) mass is 409 g/mol. The fourth-order valence-corrected chi connectivity index (χ4v) is 6.71. The van der Waals surface area contributed by atoms with Crippen molar-refractivity contribution in [3.8, 4) is 0 Å². The highest BCUT2D eigenvalue weighted by atomic mass is 32.2. The quantitative estimate of drug-likeness (QED) is 0.658. The summed E-state index contributed by atoms with van der Waals surface area (Å²) in [5.41, 5.74) is -0.527. The maximum absolute atomic E-state index is 13.2. The Morgan fingerprint density at radius 3 is 2.39 bits per heavy atom. The predicted molar refractivity (Wildman–Crippen MR) is 96.9 cm³/mol.